The maximum absolute atomic E-state index is 13.4. The molecule has 3 amide bonds. The molecular weight excluding hydrogens is 422 g/mol. The first-order valence-corrected chi connectivity index (χ1v) is 11.8. The minimum absolute atomic E-state index is 0.0450. The molecule has 2 aliphatic rings. The van der Waals surface area contributed by atoms with Crippen molar-refractivity contribution in [2.45, 2.75) is 50.7 Å². The molecule has 0 aromatic heterocycles. The summed E-state index contributed by atoms with van der Waals surface area (Å²) >= 11 is 0. The molecule has 0 aliphatic carbocycles. The number of rotatable bonds is 8. The molecule has 3 rings (SSSR count). The van der Waals surface area contributed by atoms with Gasteiger partial charge in [-0.05, 0) is 24.8 Å². The Bertz CT molecular complexity index is 929. The molecule has 0 saturated carbocycles. The highest BCUT2D eigenvalue weighted by Gasteiger charge is 2.54. The smallest absolute Gasteiger partial charge is 0.279 e. The first-order chi connectivity index (χ1) is 14.7. The van der Waals surface area contributed by atoms with Crippen LogP contribution in [0.25, 0.3) is 0 Å². The normalized spacial score (nSPS) is 21.8. The number of amides is 3. The minimum Gasteiger partial charge on any atom is -0.368 e. The lowest BCUT2D eigenvalue weighted by molar-refractivity contribution is -0.152. The lowest BCUT2D eigenvalue weighted by atomic mass is 9.84. The lowest BCUT2D eigenvalue weighted by Gasteiger charge is -2.47. The number of carbonyl (C=O) groups is 3. The van der Waals surface area contributed by atoms with Gasteiger partial charge in [0.05, 0.1) is 0 Å². The highest BCUT2D eigenvalue weighted by atomic mass is 32.2. The van der Waals surface area contributed by atoms with E-state index in [-0.39, 0.29) is 57.8 Å². The van der Waals surface area contributed by atoms with E-state index in [4.69, 9.17) is 5.73 Å². The molecule has 31 heavy (non-hydrogen) atoms. The second kappa shape index (κ2) is 9.33. The summed E-state index contributed by atoms with van der Waals surface area (Å²) in [5.41, 5.74) is 5.09. The second-order valence-electron chi connectivity index (χ2n) is 7.82. The fraction of sp³-hybridized carbons (Fsp3) is 0.550. The van der Waals surface area contributed by atoms with Crippen LogP contribution in [0.15, 0.2) is 30.3 Å². The maximum Gasteiger partial charge on any atom is 0.279 e. The van der Waals surface area contributed by atoms with Crippen LogP contribution in [0.4, 0.5) is 0 Å². The van der Waals surface area contributed by atoms with E-state index < -0.39 is 33.6 Å². The number of primary amides is 1. The van der Waals surface area contributed by atoms with Crippen molar-refractivity contribution >= 4 is 27.9 Å². The zero-order valence-corrected chi connectivity index (χ0v) is 18.4. The number of hydrogen-bond acceptors (Lipinski definition) is 5. The van der Waals surface area contributed by atoms with Gasteiger partial charge in [-0.1, -0.05) is 37.3 Å². The fourth-order valence-corrected chi connectivity index (χ4v) is 5.59. The minimum atomic E-state index is -3.67. The van der Waals surface area contributed by atoms with Crippen molar-refractivity contribution in [3.8, 4) is 0 Å². The van der Waals surface area contributed by atoms with Gasteiger partial charge in [0.25, 0.3) is 10.2 Å². The first kappa shape index (κ1) is 23.2. The molecule has 2 aliphatic heterocycles. The van der Waals surface area contributed by atoms with E-state index in [9.17, 15) is 22.8 Å². The largest absolute Gasteiger partial charge is 0.368 e. The van der Waals surface area contributed by atoms with E-state index >= 15 is 0 Å². The summed E-state index contributed by atoms with van der Waals surface area (Å²) in [6.07, 6.45) is 0.531. The van der Waals surface area contributed by atoms with Crippen LogP contribution in [0.1, 0.15) is 38.2 Å². The zero-order valence-electron chi connectivity index (χ0n) is 17.5. The van der Waals surface area contributed by atoms with Crippen molar-refractivity contribution < 1.29 is 22.8 Å². The van der Waals surface area contributed by atoms with Gasteiger partial charge in [-0.15, -0.1) is 0 Å². The number of benzene rings is 1. The predicted molar refractivity (Wildman–Crippen MR) is 113 cm³/mol. The van der Waals surface area contributed by atoms with Crippen molar-refractivity contribution in [2.24, 2.45) is 5.73 Å². The number of carbonyl (C=O) groups excluding carboxylic acids is 3. The van der Waals surface area contributed by atoms with E-state index in [0.29, 0.717) is 0 Å². The van der Waals surface area contributed by atoms with E-state index in [1.54, 1.807) is 6.92 Å². The van der Waals surface area contributed by atoms with E-state index in [2.05, 4.69) is 10.0 Å². The Balaban J connectivity index is 1.87. The van der Waals surface area contributed by atoms with Crippen molar-refractivity contribution in [3.05, 3.63) is 35.9 Å². The standard InChI is InChI=1S/C20H29N5O5S/c1-2-23-31(29,30)24-12-10-20(11-13-24,25-16(18(21)27)8-9-17(25)26)19(28)22-14-15-6-4-3-5-7-15/h3-7,16,23H,2,8-14H2,1H3,(H2,21,27)(H,22,28)/t16-/m0/s1. The molecule has 1 atom stereocenters. The van der Waals surface area contributed by atoms with Crippen LogP contribution in [0, 0.1) is 0 Å². The summed E-state index contributed by atoms with van der Waals surface area (Å²) in [5, 5.41) is 2.88. The molecule has 2 fully saturated rings. The van der Waals surface area contributed by atoms with Crippen LogP contribution in [0.5, 0.6) is 0 Å². The Kier molecular flexibility index (Phi) is 6.97. The van der Waals surface area contributed by atoms with E-state index in [1.807, 2.05) is 30.3 Å². The van der Waals surface area contributed by atoms with Crippen molar-refractivity contribution in [3.63, 3.8) is 0 Å². The van der Waals surface area contributed by atoms with Crippen LogP contribution in [0.2, 0.25) is 0 Å². The van der Waals surface area contributed by atoms with Crippen LogP contribution >= 0.6 is 0 Å². The van der Waals surface area contributed by atoms with Crippen LogP contribution in [-0.2, 0) is 31.1 Å². The highest BCUT2D eigenvalue weighted by Crippen LogP contribution is 2.37. The average molecular weight is 452 g/mol. The molecule has 0 radical (unpaired) electrons. The molecule has 0 spiro atoms. The number of hydrogen-bond donors (Lipinski definition) is 3. The fourth-order valence-electron chi connectivity index (χ4n) is 4.38. The molecule has 2 heterocycles. The third-order valence-corrected chi connectivity index (χ3v) is 7.63. The van der Waals surface area contributed by atoms with Gasteiger partial charge in [0, 0.05) is 32.6 Å². The highest BCUT2D eigenvalue weighted by molar-refractivity contribution is 7.87. The lowest BCUT2D eigenvalue weighted by Crippen LogP contribution is -2.67. The molecule has 170 valence electrons. The van der Waals surface area contributed by atoms with Crippen LogP contribution in [-0.4, -0.2) is 66.6 Å². The van der Waals surface area contributed by atoms with Gasteiger partial charge in [-0.2, -0.15) is 12.7 Å². The third-order valence-electron chi connectivity index (χ3n) is 5.94. The molecular formula is C20H29N5O5S. The summed E-state index contributed by atoms with van der Waals surface area (Å²) in [5.74, 6) is -1.39. The molecule has 1 aromatic carbocycles. The number of likely N-dealkylation sites (tertiary alicyclic amines) is 1. The van der Waals surface area contributed by atoms with Gasteiger partial charge in [0.2, 0.25) is 17.7 Å². The Labute approximate surface area is 182 Å². The Hall–Kier alpha value is -2.50. The third kappa shape index (κ3) is 4.73. The van der Waals surface area contributed by atoms with Gasteiger partial charge in [-0.25, -0.2) is 4.72 Å². The number of nitrogens with two attached hydrogens (primary N) is 1. The Morgan fingerprint density at radius 1 is 1.19 bits per heavy atom. The zero-order chi connectivity index (χ0) is 22.6. The average Bonchev–Trinajstić information content (AvgIpc) is 3.15. The summed E-state index contributed by atoms with van der Waals surface area (Å²) in [4.78, 5) is 39.5. The molecule has 11 heteroatoms. The quantitative estimate of drug-likeness (QED) is 0.487. The van der Waals surface area contributed by atoms with Gasteiger partial charge < -0.3 is 16.0 Å². The van der Waals surface area contributed by atoms with Crippen molar-refractivity contribution in [1.82, 2.24) is 19.2 Å². The monoisotopic (exact) mass is 451 g/mol. The SMILES string of the molecule is CCNS(=O)(=O)N1CCC(C(=O)NCc2ccccc2)(N2C(=O)CC[C@H]2C(N)=O)CC1. The summed E-state index contributed by atoms with van der Waals surface area (Å²) in [6.45, 7) is 2.27. The summed E-state index contributed by atoms with van der Waals surface area (Å²) in [7, 11) is -3.67. The first-order valence-electron chi connectivity index (χ1n) is 10.4. The number of nitrogens with one attached hydrogen (secondary N) is 2. The van der Waals surface area contributed by atoms with Gasteiger partial charge >= 0.3 is 0 Å². The van der Waals surface area contributed by atoms with Crippen LogP contribution in [0.3, 0.4) is 0 Å². The summed E-state index contributed by atoms with van der Waals surface area (Å²) < 4.78 is 28.5. The predicted octanol–water partition coefficient (Wildman–Crippen LogP) is -0.532. The Morgan fingerprint density at radius 3 is 2.42 bits per heavy atom. The molecule has 10 nitrogen and oxygen atoms in total. The number of piperidine rings is 1. The van der Waals surface area contributed by atoms with Crippen molar-refractivity contribution in [1.29, 1.82) is 0 Å². The van der Waals surface area contributed by atoms with Gasteiger partial charge in [0.1, 0.15) is 11.6 Å². The van der Waals surface area contributed by atoms with Crippen molar-refractivity contribution in [2.75, 3.05) is 19.6 Å². The molecule has 4 N–H and O–H groups in total. The molecule has 1 aromatic rings. The Morgan fingerprint density at radius 2 is 1.84 bits per heavy atom. The molecule has 0 unspecified atom stereocenters. The van der Waals surface area contributed by atoms with E-state index in [0.717, 1.165) is 5.56 Å². The van der Waals surface area contributed by atoms with E-state index in [1.165, 1.54) is 9.21 Å². The summed E-state index contributed by atoms with van der Waals surface area (Å²) in [6, 6.07) is 8.43. The number of nitrogens with zero attached hydrogens (tertiary/aromatic N) is 2. The maximum atomic E-state index is 13.4. The van der Waals surface area contributed by atoms with Gasteiger partial charge in [0.15, 0.2) is 0 Å². The molecule has 0 bridgehead atoms. The van der Waals surface area contributed by atoms with Crippen LogP contribution < -0.4 is 15.8 Å². The molecule has 2 saturated heterocycles. The second-order valence-corrected chi connectivity index (χ2v) is 9.58. The topological polar surface area (TPSA) is 142 Å². The van der Waals surface area contributed by atoms with Gasteiger partial charge in [-0.3, -0.25) is 14.4 Å².